The molecule has 0 aliphatic heterocycles. The van der Waals surface area contributed by atoms with Gasteiger partial charge in [-0.3, -0.25) is 4.99 Å². The highest BCUT2D eigenvalue weighted by atomic mass is 32.2. The summed E-state index contributed by atoms with van der Waals surface area (Å²) >= 11 is 1.97. The van der Waals surface area contributed by atoms with E-state index in [4.69, 9.17) is 4.74 Å². The van der Waals surface area contributed by atoms with Crippen molar-refractivity contribution in [2.75, 3.05) is 26.5 Å². The Labute approximate surface area is 131 Å². The van der Waals surface area contributed by atoms with Gasteiger partial charge in [0.2, 0.25) is 0 Å². The summed E-state index contributed by atoms with van der Waals surface area (Å²) < 4.78 is 5.66. The zero-order valence-electron chi connectivity index (χ0n) is 12.8. The van der Waals surface area contributed by atoms with Crippen LogP contribution in [0.5, 0.6) is 5.75 Å². The summed E-state index contributed by atoms with van der Waals surface area (Å²) in [6.07, 6.45) is 5.95. The zero-order valence-corrected chi connectivity index (χ0v) is 13.7. The van der Waals surface area contributed by atoms with Gasteiger partial charge in [-0.15, -0.1) is 0 Å². The molecular formula is C16H25N3OS. The summed E-state index contributed by atoms with van der Waals surface area (Å²) in [4.78, 5) is 4.28. The fraction of sp³-hybridized carbons (Fsp3) is 0.562. The Balaban J connectivity index is 1.64. The van der Waals surface area contributed by atoms with Gasteiger partial charge in [0, 0.05) is 18.3 Å². The molecular weight excluding hydrogens is 282 g/mol. The molecule has 0 aromatic heterocycles. The van der Waals surface area contributed by atoms with E-state index in [1.807, 2.05) is 49.1 Å². The molecule has 1 aromatic carbocycles. The lowest BCUT2D eigenvalue weighted by Gasteiger charge is -2.17. The third-order valence-corrected chi connectivity index (χ3v) is 4.78. The quantitative estimate of drug-likeness (QED) is 0.481. The van der Waals surface area contributed by atoms with E-state index in [0.29, 0.717) is 12.6 Å². The molecule has 0 radical (unpaired) electrons. The predicted molar refractivity (Wildman–Crippen MR) is 91.4 cm³/mol. The fourth-order valence-corrected chi connectivity index (χ4v) is 3.32. The number of para-hydroxylation sites is 1. The van der Waals surface area contributed by atoms with Crippen LogP contribution < -0.4 is 15.4 Å². The average Bonchev–Trinajstić information content (AvgIpc) is 2.99. The van der Waals surface area contributed by atoms with Crippen molar-refractivity contribution >= 4 is 17.7 Å². The fourth-order valence-electron chi connectivity index (χ4n) is 2.53. The van der Waals surface area contributed by atoms with Crippen molar-refractivity contribution in [2.45, 2.75) is 30.6 Å². The van der Waals surface area contributed by atoms with Gasteiger partial charge < -0.3 is 15.4 Å². The average molecular weight is 307 g/mol. The van der Waals surface area contributed by atoms with Crippen LogP contribution in [-0.4, -0.2) is 43.7 Å². The van der Waals surface area contributed by atoms with Crippen molar-refractivity contribution in [2.24, 2.45) is 4.99 Å². The largest absolute Gasteiger partial charge is 0.492 e. The van der Waals surface area contributed by atoms with Crippen LogP contribution >= 0.6 is 11.8 Å². The number of thioether (sulfide) groups is 1. The summed E-state index contributed by atoms with van der Waals surface area (Å²) in [5.41, 5.74) is 0. The molecule has 4 nitrogen and oxygen atoms in total. The van der Waals surface area contributed by atoms with Gasteiger partial charge in [-0.2, -0.15) is 11.8 Å². The molecule has 0 bridgehead atoms. The summed E-state index contributed by atoms with van der Waals surface area (Å²) in [7, 11) is 1.81. The number of rotatable bonds is 6. The zero-order chi connectivity index (χ0) is 14.9. The maximum absolute atomic E-state index is 5.66. The second kappa shape index (κ2) is 8.82. The molecule has 21 heavy (non-hydrogen) atoms. The predicted octanol–water partition coefficient (Wildman–Crippen LogP) is 2.51. The highest BCUT2D eigenvalue weighted by molar-refractivity contribution is 7.99. The number of ether oxygens (including phenoxy) is 1. The lowest BCUT2D eigenvalue weighted by molar-refractivity contribution is 0.321. The number of aliphatic imine (C=N–C) groups is 1. The van der Waals surface area contributed by atoms with Gasteiger partial charge in [0.25, 0.3) is 0 Å². The van der Waals surface area contributed by atoms with E-state index in [-0.39, 0.29) is 0 Å². The van der Waals surface area contributed by atoms with Gasteiger partial charge in [-0.1, -0.05) is 18.2 Å². The normalized spacial score (nSPS) is 22.1. The minimum absolute atomic E-state index is 0.545. The van der Waals surface area contributed by atoms with E-state index in [1.54, 1.807) is 0 Å². The van der Waals surface area contributed by atoms with Crippen molar-refractivity contribution in [3.63, 3.8) is 0 Å². The van der Waals surface area contributed by atoms with Crippen LogP contribution in [0.3, 0.4) is 0 Å². The molecule has 2 rings (SSSR count). The number of benzene rings is 1. The van der Waals surface area contributed by atoms with Crippen molar-refractivity contribution in [3.05, 3.63) is 30.3 Å². The summed E-state index contributed by atoms with van der Waals surface area (Å²) in [6.45, 7) is 1.37. The SMILES string of the molecule is CN=C(NCCOc1ccccc1)NC1CCC(SC)C1. The molecule has 0 spiro atoms. The molecule has 0 heterocycles. The molecule has 2 unspecified atom stereocenters. The maximum atomic E-state index is 5.66. The molecule has 0 amide bonds. The van der Waals surface area contributed by atoms with Gasteiger partial charge in [-0.05, 0) is 37.7 Å². The molecule has 2 N–H and O–H groups in total. The van der Waals surface area contributed by atoms with Crippen molar-refractivity contribution in [1.82, 2.24) is 10.6 Å². The Hall–Kier alpha value is -1.36. The topological polar surface area (TPSA) is 45.7 Å². The molecule has 1 aliphatic carbocycles. The monoisotopic (exact) mass is 307 g/mol. The Morgan fingerprint density at radius 1 is 1.33 bits per heavy atom. The Morgan fingerprint density at radius 2 is 2.14 bits per heavy atom. The Bertz CT molecular complexity index is 438. The minimum atomic E-state index is 0.545. The molecule has 116 valence electrons. The highest BCUT2D eigenvalue weighted by Crippen LogP contribution is 2.27. The maximum Gasteiger partial charge on any atom is 0.191 e. The van der Waals surface area contributed by atoms with Gasteiger partial charge in [0.15, 0.2) is 5.96 Å². The van der Waals surface area contributed by atoms with E-state index in [2.05, 4.69) is 21.9 Å². The van der Waals surface area contributed by atoms with E-state index >= 15 is 0 Å². The van der Waals surface area contributed by atoms with Crippen molar-refractivity contribution < 1.29 is 4.74 Å². The van der Waals surface area contributed by atoms with Crippen LogP contribution in [0.15, 0.2) is 35.3 Å². The van der Waals surface area contributed by atoms with E-state index in [1.165, 1.54) is 19.3 Å². The van der Waals surface area contributed by atoms with Crippen LogP contribution in [0.1, 0.15) is 19.3 Å². The highest BCUT2D eigenvalue weighted by Gasteiger charge is 2.24. The molecule has 1 aromatic rings. The van der Waals surface area contributed by atoms with E-state index in [9.17, 15) is 0 Å². The molecule has 1 aliphatic rings. The molecule has 5 heteroatoms. The molecule has 0 saturated heterocycles. The summed E-state index contributed by atoms with van der Waals surface area (Å²) in [5.74, 6) is 1.78. The van der Waals surface area contributed by atoms with E-state index in [0.717, 1.165) is 23.5 Å². The van der Waals surface area contributed by atoms with Gasteiger partial charge in [0.05, 0.1) is 6.54 Å². The van der Waals surface area contributed by atoms with Crippen LogP contribution in [0.25, 0.3) is 0 Å². The number of nitrogens with one attached hydrogen (secondary N) is 2. The van der Waals surface area contributed by atoms with Crippen LogP contribution in [0.2, 0.25) is 0 Å². The van der Waals surface area contributed by atoms with Crippen LogP contribution in [0, 0.1) is 0 Å². The third kappa shape index (κ3) is 5.50. The molecule has 1 fully saturated rings. The summed E-state index contributed by atoms with van der Waals surface area (Å²) in [5, 5.41) is 7.60. The van der Waals surface area contributed by atoms with Gasteiger partial charge >= 0.3 is 0 Å². The number of hydrogen-bond donors (Lipinski definition) is 2. The second-order valence-electron chi connectivity index (χ2n) is 5.17. The summed E-state index contributed by atoms with van der Waals surface area (Å²) in [6, 6.07) is 10.4. The van der Waals surface area contributed by atoms with Gasteiger partial charge in [0.1, 0.15) is 12.4 Å². The second-order valence-corrected chi connectivity index (χ2v) is 6.31. The van der Waals surface area contributed by atoms with Crippen molar-refractivity contribution in [3.8, 4) is 5.75 Å². The minimum Gasteiger partial charge on any atom is -0.492 e. The smallest absolute Gasteiger partial charge is 0.191 e. The number of hydrogen-bond acceptors (Lipinski definition) is 3. The lowest BCUT2D eigenvalue weighted by atomic mass is 10.2. The standard InChI is InChI=1S/C16H25N3OS/c1-17-16(19-13-8-9-15(12-13)21-2)18-10-11-20-14-6-4-3-5-7-14/h3-7,13,15H,8-12H2,1-2H3,(H2,17,18,19). The number of guanidine groups is 1. The first-order valence-electron chi connectivity index (χ1n) is 7.49. The third-order valence-electron chi connectivity index (χ3n) is 3.69. The number of nitrogens with zero attached hydrogens (tertiary/aromatic N) is 1. The van der Waals surface area contributed by atoms with Crippen molar-refractivity contribution in [1.29, 1.82) is 0 Å². The van der Waals surface area contributed by atoms with E-state index < -0.39 is 0 Å². The molecule has 1 saturated carbocycles. The molecule has 2 atom stereocenters. The first kappa shape index (κ1) is 16.0. The van der Waals surface area contributed by atoms with Crippen LogP contribution in [-0.2, 0) is 0 Å². The lowest BCUT2D eigenvalue weighted by Crippen LogP contribution is -2.43. The van der Waals surface area contributed by atoms with Crippen LogP contribution in [0.4, 0.5) is 0 Å². The van der Waals surface area contributed by atoms with Gasteiger partial charge in [-0.25, -0.2) is 0 Å². The first-order valence-corrected chi connectivity index (χ1v) is 8.78. The Morgan fingerprint density at radius 3 is 2.81 bits per heavy atom. The first-order chi connectivity index (χ1) is 10.3. The Kier molecular flexibility index (Phi) is 6.73.